The van der Waals surface area contributed by atoms with Crippen LogP contribution in [0.4, 0.5) is 0 Å². The van der Waals surface area contributed by atoms with E-state index in [9.17, 15) is 9.59 Å². The van der Waals surface area contributed by atoms with Gasteiger partial charge in [0, 0.05) is 60.3 Å². The third-order valence-corrected chi connectivity index (χ3v) is 6.55. The summed E-state index contributed by atoms with van der Waals surface area (Å²) in [6.45, 7) is 3.53. The molecular weight excluding hydrogens is 464 g/mol. The van der Waals surface area contributed by atoms with E-state index in [1.165, 1.54) is 0 Å². The second-order valence-electron chi connectivity index (χ2n) is 9.05. The van der Waals surface area contributed by atoms with Crippen LogP contribution in [0.2, 0.25) is 0 Å². The zero-order valence-electron chi connectivity index (χ0n) is 21.5. The van der Waals surface area contributed by atoms with Crippen LogP contribution in [0.1, 0.15) is 41.3 Å². The van der Waals surface area contributed by atoms with Crippen LogP contribution in [-0.2, 0) is 17.8 Å². The minimum atomic E-state index is -0.155. The Morgan fingerprint density at radius 2 is 1.68 bits per heavy atom. The second kappa shape index (κ2) is 12.7. The topological polar surface area (TPSA) is 78.5 Å². The van der Waals surface area contributed by atoms with Gasteiger partial charge in [0.25, 0.3) is 5.91 Å². The van der Waals surface area contributed by atoms with Gasteiger partial charge in [-0.1, -0.05) is 49.7 Å². The SMILES string of the molecule is CCCCN(CC(=O)N(CCc1c[nH]c2ccccc12)Cc1ccccc1OC)C(=O)c1ccncc1. The number of hydrogen-bond acceptors (Lipinski definition) is 4. The smallest absolute Gasteiger partial charge is 0.254 e. The van der Waals surface area contributed by atoms with E-state index in [1.54, 1.807) is 36.5 Å². The summed E-state index contributed by atoms with van der Waals surface area (Å²) in [5.74, 6) is 0.491. The molecule has 2 amide bonds. The molecule has 0 bridgehead atoms. The van der Waals surface area contributed by atoms with Gasteiger partial charge in [-0.05, 0) is 42.7 Å². The summed E-state index contributed by atoms with van der Waals surface area (Å²) >= 11 is 0. The van der Waals surface area contributed by atoms with Gasteiger partial charge < -0.3 is 19.5 Å². The van der Waals surface area contributed by atoms with Gasteiger partial charge in [0.1, 0.15) is 12.3 Å². The highest BCUT2D eigenvalue weighted by atomic mass is 16.5. The van der Waals surface area contributed by atoms with Crippen molar-refractivity contribution >= 4 is 22.7 Å². The number of para-hydroxylation sites is 2. The standard InChI is InChI=1S/C30H34N4O3/c1-3-4-18-34(30(36)23-13-16-31-17-14-23)22-29(35)33(21-25-9-5-8-12-28(25)37-2)19-15-24-20-32-27-11-7-6-10-26(24)27/h5-14,16-17,20,32H,3-4,15,18-19,21-22H2,1-2H3. The first-order valence-corrected chi connectivity index (χ1v) is 12.7. The predicted molar refractivity (Wildman–Crippen MR) is 145 cm³/mol. The molecule has 192 valence electrons. The number of H-pyrrole nitrogens is 1. The Morgan fingerprint density at radius 1 is 0.919 bits per heavy atom. The van der Waals surface area contributed by atoms with E-state index in [0.717, 1.165) is 40.6 Å². The van der Waals surface area contributed by atoms with E-state index in [-0.39, 0.29) is 18.4 Å². The highest BCUT2D eigenvalue weighted by Crippen LogP contribution is 2.22. The van der Waals surface area contributed by atoms with Crippen molar-refractivity contribution in [3.63, 3.8) is 0 Å². The minimum Gasteiger partial charge on any atom is -0.496 e. The molecule has 0 spiro atoms. The normalized spacial score (nSPS) is 10.9. The molecule has 0 aliphatic rings. The van der Waals surface area contributed by atoms with Crippen molar-refractivity contribution in [2.45, 2.75) is 32.7 Å². The van der Waals surface area contributed by atoms with Gasteiger partial charge in [0.2, 0.25) is 5.91 Å². The van der Waals surface area contributed by atoms with Crippen LogP contribution < -0.4 is 4.74 Å². The third-order valence-electron chi connectivity index (χ3n) is 6.55. The fourth-order valence-electron chi connectivity index (χ4n) is 4.47. The molecule has 4 aromatic rings. The van der Waals surface area contributed by atoms with E-state index in [4.69, 9.17) is 4.74 Å². The van der Waals surface area contributed by atoms with Gasteiger partial charge >= 0.3 is 0 Å². The molecule has 0 unspecified atom stereocenters. The molecule has 0 saturated carbocycles. The first-order chi connectivity index (χ1) is 18.1. The van der Waals surface area contributed by atoms with Crippen LogP contribution in [0.3, 0.4) is 0 Å². The lowest BCUT2D eigenvalue weighted by atomic mass is 10.1. The number of ether oxygens (including phenoxy) is 1. The number of rotatable bonds is 12. The van der Waals surface area contributed by atoms with E-state index >= 15 is 0 Å². The van der Waals surface area contributed by atoms with E-state index < -0.39 is 0 Å². The molecular formula is C30H34N4O3. The molecule has 0 aliphatic heterocycles. The zero-order valence-corrected chi connectivity index (χ0v) is 21.5. The molecule has 0 fully saturated rings. The molecule has 0 aliphatic carbocycles. The Hall–Kier alpha value is -4.13. The summed E-state index contributed by atoms with van der Waals surface area (Å²) in [6.07, 6.45) is 7.66. The monoisotopic (exact) mass is 498 g/mol. The summed E-state index contributed by atoms with van der Waals surface area (Å²) in [7, 11) is 1.64. The Balaban J connectivity index is 1.56. The van der Waals surface area contributed by atoms with Crippen molar-refractivity contribution in [2.24, 2.45) is 0 Å². The van der Waals surface area contributed by atoms with Crippen molar-refractivity contribution < 1.29 is 14.3 Å². The van der Waals surface area contributed by atoms with E-state index in [2.05, 4.69) is 23.0 Å². The maximum atomic E-state index is 13.8. The average Bonchev–Trinajstić information content (AvgIpc) is 3.36. The summed E-state index contributed by atoms with van der Waals surface area (Å²) in [5, 5.41) is 1.16. The lowest BCUT2D eigenvalue weighted by Gasteiger charge is -2.28. The Kier molecular flexibility index (Phi) is 8.92. The maximum Gasteiger partial charge on any atom is 0.254 e. The molecule has 2 heterocycles. The van der Waals surface area contributed by atoms with Crippen molar-refractivity contribution in [3.05, 3.63) is 95.9 Å². The molecule has 4 rings (SSSR count). The molecule has 7 nitrogen and oxygen atoms in total. The number of hydrogen-bond donors (Lipinski definition) is 1. The van der Waals surface area contributed by atoms with Crippen molar-refractivity contribution in [1.29, 1.82) is 0 Å². The highest BCUT2D eigenvalue weighted by molar-refractivity contribution is 5.96. The van der Waals surface area contributed by atoms with Gasteiger partial charge in [-0.2, -0.15) is 0 Å². The number of aromatic nitrogens is 2. The molecule has 0 radical (unpaired) electrons. The zero-order chi connectivity index (χ0) is 26.0. The largest absolute Gasteiger partial charge is 0.496 e. The van der Waals surface area contributed by atoms with Crippen LogP contribution in [0.15, 0.2) is 79.3 Å². The summed E-state index contributed by atoms with van der Waals surface area (Å²) < 4.78 is 5.55. The molecule has 7 heteroatoms. The predicted octanol–water partition coefficient (Wildman–Crippen LogP) is 5.09. The number of nitrogens with zero attached hydrogens (tertiary/aromatic N) is 3. The number of aromatic amines is 1. The first kappa shape index (κ1) is 25.9. The molecule has 0 saturated heterocycles. The van der Waals surface area contributed by atoms with Crippen LogP contribution in [0.5, 0.6) is 5.75 Å². The number of nitrogens with one attached hydrogen (secondary N) is 1. The fraction of sp³-hybridized carbons (Fsp3) is 0.300. The molecule has 37 heavy (non-hydrogen) atoms. The average molecular weight is 499 g/mol. The van der Waals surface area contributed by atoms with Crippen molar-refractivity contribution in [3.8, 4) is 5.75 Å². The number of methoxy groups -OCH3 is 1. The van der Waals surface area contributed by atoms with Crippen molar-refractivity contribution in [2.75, 3.05) is 26.7 Å². The lowest BCUT2D eigenvalue weighted by molar-refractivity contribution is -0.132. The number of pyridine rings is 1. The molecule has 0 atom stereocenters. The molecule has 2 aromatic carbocycles. The summed E-state index contributed by atoms with van der Waals surface area (Å²) in [6, 6.07) is 19.3. The number of amides is 2. The number of fused-ring (bicyclic) bond motifs is 1. The number of unbranched alkanes of at least 4 members (excludes halogenated alkanes) is 1. The van der Waals surface area contributed by atoms with Gasteiger partial charge in [0.15, 0.2) is 0 Å². The highest BCUT2D eigenvalue weighted by Gasteiger charge is 2.23. The lowest BCUT2D eigenvalue weighted by Crippen LogP contribution is -2.43. The molecule has 2 aromatic heterocycles. The van der Waals surface area contributed by atoms with Gasteiger partial charge in [-0.15, -0.1) is 0 Å². The van der Waals surface area contributed by atoms with Crippen LogP contribution >= 0.6 is 0 Å². The van der Waals surface area contributed by atoms with Gasteiger partial charge in [0.05, 0.1) is 7.11 Å². The van der Waals surface area contributed by atoms with Crippen LogP contribution in [-0.4, -0.2) is 58.3 Å². The molecule has 1 N–H and O–H groups in total. The van der Waals surface area contributed by atoms with Crippen LogP contribution in [0.25, 0.3) is 10.9 Å². The van der Waals surface area contributed by atoms with E-state index in [1.807, 2.05) is 53.6 Å². The van der Waals surface area contributed by atoms with Crippen LogP contribution in [0, 0.1) is 0 Å². The second-order valence-corrected chi connectivity index (χ2v) is 9.05. The van der Waals surface area contributed by atoms with Gasteiger partial charge in [-0.3, -0.25) is 14.6 Å². The first-order valence-electron chi connectivity index (χ1n) is 12.7. The summed E-state index contributed by atoms with van der Waals surface area (Å²) in [4.78, 5) is 37.8. The third kappa shape index (κ3) is 6.55. The number of benzene rings is 2. The quantitative estimate of drug-likeness (QED) is 0.295. The number of carbonyl (C=O) groups excluding carboxylic acids is 2. The maximum absolute atomic E-state index is 13.8. The van der Waals surface area contributed by atoms with Gasteiger partial charge in [-0.25, -0.2) is 0 Å². The Morgan fingerprint density at radius 3 is 2.46 bits per heavy atom. The minimum absolute atomic E-state index is 0.0180. The summed E-state index contributed by atoms with van der Waals surface area (Å²) in [5.41, 5.74) is 3.70. The van der Waals surface area contributed by atoms with Crippen molar-refractivity contribution in [1.82, 2.24) is 19.8 Å². The Bertz CT molecular complexity index is 1320. The fourth-order valence-corrected chi connectivity index (χ4v) is 4.47. The Labute approximate surface area is 218 Å². The number of carbonyl (C=O) groups is 2. The van der Waals surface area contributed by atoms with E-state index in [0.29, 0.717) is 31.6 Å².